The Kier molecular flexibility index (Phi) is 4.72. The van der Waals surface area contributed by atoms with Gasteiger partial charge in [0, 0.05) is 36.6 Å². The van der Waals surface area contributed by atoms with Crippen LogP contribution in [-0.2, 0) is 16.0 Å². The average Bonchev–Trinajstić information content (AvgIpc) is 3.28. The Balaban J connectivity index is 1.71. The molecule has 1 N–H and O–H groups in total. The SMILES string of the molecule is CC(C)(C)OC(=O)N1CCc2c(Cl)cc(F)c(O)c2[C@H]1CN1CC2(CC2)CC1=O. The van der Waals surface area contributed by atoms with Crippen LogP contribution in [0.1, 0.15) is 57.2 Å². The fourth-order valence-corrected chi connectivity index (χ4v) is 4.71. The number of carbonyl (C=O) groups excluding carboxylic acids is 2. The molecule has 2 aliphatic heterocycles. The maximum absolute atomic E-state index is 14.3. The summed E-state index contributed by atoms with van der Waals surface area (Å²) < 4.78 is 19.9. The summed E-state index contributed by atoms with van der Waals surface area (Å²) in [5.41, 5.74) is 0.248. The number of nitrogens with zero attached hydrogens (tertiary/aromatic N) is 2. The number of halogens is 2. The third-order valence-corrected chi connectivity index (χ3v) is 6.38. The van der Waals surface area contributed by atoms with E-state index < -0.39 is 29.3 Å². The van der Waals surface area contributed by atoms with Crippen molar-refractivity contribution in [1.82, 2.24) is 9.80 Å². The Labute approximate surface area is 174 Å². The van der Waals surface area contributed by atoms with E-state index in [1.54, 1.807) is 25.7 Å². The van der Waals surface area contributed by atoms with Crippen LogP contribution in [0.3, 0.4) is 0 Å². The van der Waals surface area contributed by atoms with E-state index in [1.807, 2.05) is 0 Å². The molecular weight excluding hydrogens is 399 g/mol. The normalized spacial score (nSPS) is 22.8. The molecule has 1 spiro atoms. The molecule has 8 heteroatoms. The van der Waals surface area contributed by atoms with Gasteiger partial charge in [0.1, 0.15) is 5.60 Å². The molecule has 1 saturated heterocycles. The van der Waals surface area contributed by atoms with E-state index in [4.69, 9.17) is 16.3 Å². The zero-order valence-corrected chi connectivity index (χ0v) is 17.7. The van der Waals surface area contributed by atoms with Crippen molar-refractivity contribution in [3.05, 3.63) is 28.0 Å². The van der Waals surface area contributed by atoms with Crippen molar-refractivity contribution in [1.29, 1.82) is 0 Å². The topological polar surface area (TPSA) is 70.1 Å². The Morgan fingerprint density at radius 1 is 1.41 bits per heavy atom. The van der Waals surface area contributed by atoms with Gasteiger partial charge in [0.15, 0.2) is 11.6 Å². The van der Waals surface area contributed by atoms with E-state index in [1.165, 1.54) is 4.90 Å². The fraction of sp³-hybridized carbons (Fsp3) is 0.619. The molecule has 3 aliphatic rings. The Bertz CT molecular complexity index is 878. The van der Waals surface area contributed by atoms with Crippen LogP contribution in [0.5, 0.6) is 5.75 Å². The fourth-order valence-electron chi connectivity index (χ4n) is 4.42. The summed E-state index contributed by atoms with van der Waals surface area (Å²) in [6.45, 7) is 6.43. The van der Waals surface area contributed by atoms with Crippen molar-refractivity contribution in [2.45, 2.75) is 58.1 Å². The predicted octanol–water partition coefficient (Wildman–Crippen LogP) is 4.03. The van der Waals surface area contributed by atoms with Crippen molar-refractivity contribution >= 4 is 23.6 Å². The van der Waals surface area contributed by atoms with Crippen LogP contribution in [0, 0.1) is 11.2 Å². The van der Waals surface area contributed by atoms with E-state index >= 15 is 0 Å². The maximum atomic E-state index is 14.3. The molecule has 0 unspecified atom stereocenters. The second kappa shape index (κ2) is 6.76. The molecule has 0 radical (unpaired) electrons. The highest BCUT2D eigenvalue weighted by atomic mass is 35.5. The number of likely N-dealkylation sites (tertiary alicyclic amines) is 1. The molecule has 2 heterocycles. The zero-order chi connectivity index (χ0) is 21.1. The van der Waals surface area contributed by atoms with Crippen LogP contribution in [0.4, 0.5) is 9.18 Å². The van der Waals surface area contributed by atoms with E-state index in [0.717, 1.165) is 18.9 Å². The van der Waals surface area contributed by atoms with Gasteiger partial charge in [-0.2, -0.15) is 0 Å². The summed E-state index contributed by atoms with van der Waals surface area (Å²) in [7, 11) is 0. The first-order valence-electron chi connectivity index (χ1n) is 9.97. The first-order valence-corrected chi connectivity index (χ1v) is 10.3. The van der Waals surface area contributed by atoms with Gasteiger partial charge in [-0.1, -0.05) is 11.6 Å². The number of carbonyl (C=O) groups is 2. The van der Waals surface area contributed by atoms with Crippen LogP contribution in [0.2, 0.25) is 5.02 Å². The number of amides is 2. The van der Waals surface area contributed by atoms with Gasteiger partial charge in [0.25, 0.3) is 0 Å². The number of phenolic OH excluding ortho intramolecular Hbond substituents is 1. The second-order valence-electron chi connectivity index (χ2n) is 9.47. The molecule has 1 atom stereocenters. The molecule has 2 amide bonds. The quantitative estimate of drug-likeness (QED) is 0.778. The molecule has 158 valence electrons. The Morgan fingerprint density at radius 2 is 2.10 bits per heavy atom. The standard InChI is InChI=1S/C21H26ClFN2O4/c1-20(2,3)29-19(28)25-7-4-12-13(22)8-14(23)18(27)17(12)15(25)10-24-11-21(5-6-21)9-16(24)26/h8,15,27H,4-7,9-11H2,1-3H3/t15-/m1/s1. The van der Waals surface area contributed by atoms with Gasteiger partial charge < -0.3 is 14.7 Å². The molecule has 1 aromatic rings. The number of benzene rings is 1. The second-order valence-corrected chi connectivity index (χ2v) is 9.88. The molecule has 4 rings (SSSR count). The molecule has 29 heavy (non-hydrogen) atoms. The lowest BCUT2D eigenvalue weighted by molar-refractivity contribution is -0.128. The van der Waals surface area contributed by atoms with Gasteiger partial charge in [-0.3, -0.25) is 9.69 Å². The number of hydrogen-bond donors (Lipinski definition) is 1. The summed E-state index contributed by atoms with van der Waals surface area (Å²) in [4.78, 5) is 28.7. The highest BCUT2D eigenvalue weighted by Gasteiger charge is 2.52. The predicted molar refractivity (Wildman–Crippen MR) is 105 cm³/mol. The molecular formula is C21H26ClFN2O4. The van der Waals surface area contributed by atoms with E-state index in [-0.39, 0.29) is 28.5 Å². The minimum atomic E-state index is -0.837. The van der Waals surface area contributed by atoms with Gasteiger partial charge in [-0.05, 0) is 57.1 Å². The molecule has 0 aromatic heterocycles. The Morgan fingerprint density at radius 3 is 2.69 bits per heavy atom. The van der Waals surface area contributed by atoms with Crippen LogP contribution in [-0.4, -0.2) is 52.1 Å². The van der Waals surface area contributed by atoms with Crippen LogP contribution < -0.4 is 0 Å². The van der Waals surface area contributed by atoms with Crippen LogP contribution >= 0.6 is 11.6 Å². The molecule has 0 bridgehead atoms. The number of hydrogen-bond acceptors (Lipinski definition) is 4. The average molecular weight is 425 g/mol. The smallest absolute Gasteiger partial charge is 0.410 e. The molecule has 2 fully saturated rings. The van der Waals surface area contributed by atoms with Gasteiger partial charge in [-0.25, -0.2) is 9.18 Å². The lowest BCUT2D eigenvalue weighted by Crippen LogP contribution is -2.47. The minimum absolute atomic E-state index is 0.0285. The largest absolute Gasteiger partial charge is 0.505 e. The lowest BCUT2D eigenvalue weighted by atomic mass is 9.91. The lowest BCUT2D eigenvalue weighted by Gasteiger charge is -2.40. The molecule has 1 saturated carbocycles. The molecule has 1 aliphatic carbocycles. The first kappa shape index (κ1) is 20.3. The third kappa shape index (κ3) is 3.77. The summed E-state index contributed by atoms with van der Waals surface area (Å²) in [6, 6.07) is 0.371. The summed E-state index contributed by atoms with van der Waals surface area (Å²) >= 11 is 6.25. The highest BCUT2D eigenvalue weighted by molar-refractivity contribution is 6.31. The summed E-state index contributed by atoms with van der Waals surface area (Å²) in [5.74, 6) is -1.33. The number of ether oxygens (including phenoxy) is 1. The molecule has 6 nitrogen and oxygen atoms in total. The zero-order valence-electron chi connectivity index (χ0n) is 16.9. The number of rotatable bonds is 2. The van der Waals surface area contributed by atoms with Crippen molar-refractivity contribution in [3.8, 4) is 5.75 Å². The Hall–Kier alpha value is -2.02. The van der Waals surface area contributed by atoms with E-state index in [0.29, 0.717) is 31.5 Å². The summed E-state index contributed by atoms with van der Waals surface area (Å²) in [6.07, 6.45) is 2.38. The van der Waals surface area contributed by atoms with Gasteiger partial charge in [-0.15, -0.1) is 0 Å². The van der Waals surface area contributed by atoms with Gasteiger partial charge in [0.2, 0.25) is 5.91 Å². The number of phenols is 1. The van der Waals surface area contributed by atoms with E-state index in [9.17, 15) is 19.1 Å². The van der Waals surface area contributed by atoms with Crippen molar-refractivity contribution in [2.24, 2.45) is 5.41 Å². The summed E-state index contributed by atoms with van der Waals surface area (Å²) in [5, 5.41) is 10.7. The van der Waals surface area contributed by atoms with Crippen molar-refractivity contribution in [2.75, 3.05) is 19.6 Å². The van der Waals surface area contributed by atoms with Gasteiger partial charge in [0.05, 0.1) is 6.04 Å². The monoisotopic (exact) mass is 424 g/mol. The van der Waals surface area contributed by atoms with Crippen LogP contribution in [0.25, 0.3) is 0 Å². The third-order valence-electron chi connectivity index (χ3n) is 6.04. The highest BCUT2D eigenvalue weighted by Crippen LogP contribution is 2.53. The van der Waals surface area contributed by atoms with Crippen molar-refractivity contribution < 1.29 is 23.8 Å². The van der Waals surface area contributed by atoms with E-state index in [2.05, 4.69) is 0 Å². The van der Waals surface area contributed by atoms with Gasteiger partial charge >= 0.3 is 6.09 Å². The van der Waals surface area contributed by atoms with Crippen LogP contribution in [0.15, 0.2) is 6.07 Å². The number of aromatic hydroxyl groups is 1. The minimum Gasteiger partial charge on any atom is -0.505 e. The van der Waals surface area contributed by atoms with Crippen molar-refractivity contribution in [3.63, 3.8) is 0 Å². The number of fused-ring (bicyclic) bond motifs is 1. The maximum Gasteiger partial charge on any atom is 0.410 e. The molecule has 1 aromatic carbocycles. The first-order chi connectivity index (χ1) is 13.5.